The Bertz CT molecular complexity index is 632. The van der Waals surface area contributed by atoms with Crippen LogP contribution in [0, 0.1) is 11.8 Å². The standard InChI is InChI=1S/C18H22N4O/c1-23-17-14-5-6-15(17)12-22(11-14)10-13-8-20-18(21-9-13)16-4-2-3-7-19-16/h2-4,7-9,14-15,17H,5-6,10-12H2,1H3/t14-,15+,17?. The summed E-state index contributed by atoms with van der Waals surface area (Å²) in [5.74, 6) is 2.06. The van der Waals surface area contributed by atoms with Crippen molar-refractivity contribution in [2.45, 2.75) is 25.5 Å². The molecule has 1 unspecified atom stereocenters. The van der Waals surface area contributed by atoms with E-state index in [1.165, 1.54) is 18.4 Å². The lowest BCUT2D eigenvalue weighted by molar-refractivity contribution is -0.0180. The zero-order valence-corrected chi connectivity index (χ0v) is 13.4. The zero-order chi connectivity index (χ0) is 15.6. The van der Waals surface area contributed by atoms with Gasteiger partial charge in [-0.15, -0.1) is 0 Å². The first-order valence-corrected chi connectivity index (χ1v) is 8.31. The van der Waals surface area contributed by atoms with Crippen LogP contribution in [-0.2, 0) is 11.3 Å². The van der Waals surface area contributed by atoms with Crippen LogP contribution in [0.3, 0.4) is 0 Å². The van der Waals surface area contributed by atoms with Gasteiger partial charge in [0.1, 0.15) is 5.69 Å². The van der Waals surface area contributed by atoms with E-state index in [0.717, 1.165) is 25.3 Å². The predicted octanol–water partition coefficient (Wildman–Crippen LogP) is 2.40. The minimum absolute atomic E-state index is 0.467. The van der Waals surface area contributed by atoms with Crippen molar-refractivity contribution in [2.75, 3.05) is 20.2 Å². The van der Waals surface area contributed by atoms with Crippen molar-refractivity contribution >= 4 is 0 Å². The molecule has 0 aromatic carbocycles. The van der Waals surface area contributed by atoms with Crippen molar-refractivity contribution in [1.82, 2.24) is 19.9 Å². The average molecular weight is 310 g/mol. The molecule has 0 N–H and O–H groups in total. The molecule has 0 amide bonds. The maximum atomic E-state index is 5.68. The zero-order valence-electron chi connectivity index (χ0n) is 13.4. The van der Waals surface area contributed by atoms with Crippen molar-refractivity contribution in [3.05, 3.63) is 42.4 Å². The molecule has 4 rings (SSSR count). The molecule has 3 heterocycles. The normalized spacial score (nSPS) is 27.3. The topological polar surface area (TPSA) is 51.1 Å². The molecule has 0 spiro atoms. The van der Waals surface area contributed by atoms with Crippen molar-refractivity contribution < 1.29 is 4.74 Å². The van der Waals surface area contributed by atoms with E-state index in [0.29, 0.717) is 23.8 Å². The summed E-state index contributed by atoms with van der Waals surface area (Å²) in [6.07, 6.45) is 8.70. The summed E-state index contributed by atoms with van der Waals surface area (Å²) < 4.78 is 5.68. The maximum absolute atomic E-state index is 5.68. The first kappa shape index (κ1) is 14.7. The van der Waals surface area contributed by atoms with Crippen LogP contribution < -0.4 is 0 Å². The highest BCUT2D eigenvalue weighted by atomic mass is 16.5. The van der Waals surface area contributed by atoms with Gasteiger partial charge in [0.05, 0.1) is 6.10 Å². The van der Waals surface area contributed by atoms with Crippen LogP contribution in [0.25, 0.3) is 11.5 Å². The molecule has 1 saturated heterocycles. The molecule has 3 atom stereocenters. The third-order valence-corrected chi connectivity index (χ3v) is 5.10. The summed E-state index contributed by atoms with van der Waals surface area (Å²) >= 11 is 0. The van der Waals surface area contributed by atoms with Gasteiger partial charge in [-0.3, -0.25) is 9.88 Å². The summed E-state index contributed by atoms with van der Waals surface area (Å²) in [7, 11) is 1.86. The summed E-state index contributed by atoms with van der Waals surface area (Å²) in [4.78, 5) is 15.8. The van der Waals surface area contributed by atoms with Gasteiger partial charge in [-0.05, 0) is 36.8 Å². The van der Waals surface area contributed by atoms with E-state index in [2.05, 4.69) is 19.9 Å². The number of hydrogen-bond acceptors (Lipinski definition) is 5. The fourth-order valence-corrected chi connectivity index (χ4v) is 4.11. The molecule has 5 heteroatoms. The van der Waals surface area contributed by atoms with Crippen molar-refractivity contribution in [3.63, 3.8) is 0 Å². The van der Waals surface area contributed by atoms with Gasteiger partial charge in [0.2, 0.25) is 0 Å². The number of pyridine rings is 1. The van der Waals surface area contributed by atoms with Gasteiger partial charge in [-0.25, -0.2) is 9.97 Å². The van der Waals surface area contributed by atoms with Crippen LogP contribution in [0.15, 0.2) is 36.8 Å². The monoisotopic (exact) mass is 310 g/mol. The molecule has 2 fully saturated rings. The number of rotatable bonds is 4. The van der Waals surface area contributed by atoms with Gasteiger partial charge in [0.15, 0.2) is 5.82 Å². The number of piperidine rings is 1. The van der Waals surface area contributed by atoms with Gasteiger partial charge in [-0.1, -0.05) is 6.07 Å². The van der Waals surface area contributed by atoms with E-state index >= 15 is 0 Å². The third-order valence-electron chi connectivity index (χ3n) is 5.10. The van der Waals surface area contributed by atoms with E-state index in [-0.39, 0.29) is 0 Å². The van der Waals surface area contributed by atoms with Gasteiger partial charge >= 0.3 is 0 Å². The Kier molecular flexibility index (Phi) is 4.06. The SMILES string of the molecule is COC1[C@@H]2CC[C@H]1CN(Cc1cnc(-c3ccccn3)nc1)C2. The van der Waals surface area contributed by atoms with Crippen LogP contribution in [0.1, 0.15) is 18.4 Å². The molecule has 2 bridgehead atoms. The molecule has 120 valence electrons. The Morgan fingerprint density at radius 1 is 1.09 bits per heavy atom. The molecule has 0 radical (unpaired) electrons. The fourth-order valence-electron chi connectivity index (χ4n) is 4.11. The van der Waals surface area contributed by atoms with Crippen LogP contribution in [0.5, 0.6) is 0 Å². The molecular weight excluding hydrogens is 288 g/mol. The average Bonchev–Trinajstić information content (AvgIpc) is 2.86. The van der Waals surface area contributed by atoms with E-state index in [9.17, 15) is 0 Å². The van der Waals surface area contributed by atoms with Crippen LogP contribution in [0.2, 0.25) is 0 Å². The number of ether oxygens (including phenoxy) is 1. The lowest BCUT2D eigenvalue weighted by Gasteiger charge is -2.37. The Balaban J connectivity index is 1.42. The molecule has 1 aliphatic heterocycles. The van der Waals surface area contributed by atoms with Crippen LogP contribution >= 0.6 is 0 Å². The second kappa shape index (κ2) is 6.34. The van der Waals surface area contributed by atoms with Gasteiger partial charge in [-0.2, -0.15) is 0 Å². The van der Waals surface area contributed by atoms with Crippen molar-refractivity contribution in [2.24, 2.45) is 11.8 Å². The van der Waals surface area contributed by atoms with E-state index < -0.39 is 0 Å². The molecular formula is C18H22N4O. The summed E-state index contributed by atoms with van der Waals surface area (Å²) in [5, 5.41) is 0. The molecule has 2 aromatic heterocycles. The molecule has 1 aliphatic carbocycles. The summed E-state index contributed by atoms with van der Waals surface area (Å²) in [6.45, 7) is 3.17. The Hall–Kier alpha value is -1.85. The van der Waals surface area contributed by atoms with E-state index in [1.54, 1.807) is 6.20 Å². The highest BCUT2D eigenvalue weighted by molar-refractivity contribution is 5.47. The Morgan fingerprint density at radius 3 is 2.43 bits per heavy atom. The van der Waals surface area contributed by atoms with E-state index in [4.69, 9.17) is 4.74 Å². The maximum Gasteiger partial charge on any atom is 0.178 e. The first-order chi connectivity index (χ1) is 11.3. The van der Waals surface area contributed by atoms with Gasteiger partial charge in [0.25, 0.3) is 0 Å². The van der Waals surface area contributed by atoms with Crippen LogP contribution in [-0.4, -0.2) is 46.2 Å². The van der Waals surface area contributed by atoms with Gasteiger partial charge < -0.3 is 4.74 Å². The highest BCUT2D eigenvalue weighted by Gasteiger charge is 2.41. The minimum Gasteiger partial charge on any atom is -0.381 e. The quantitative estimate of drug-likeness (QED) is 0.868. The Morgan fingerprint density at radius 2 is 1.83 bits per heavy atom. The smallest absolute Gasteiger partial charge is 0.178 e. The third kappa shape index (κ3) is 2.99. The van der Waals surface area contributed by atoms with Crippen LogP contribution in [0.4, 0.5) is 0 Å². The number of likely N-dealkylation sites (tertiary alicyclic amines) is 1. The van der Waals surface area contributed by atoms with Crippen molar-refractivity contribution in [3.8, 4) is 11.5 Å². The highest BCUT2D eigenvalue weighted by Crippen LogP contribution is 2.38. The molecule has 5 nitrogen and oxygen atoms in total. The minimum atomic E-state index is 0.467. The summed E-state index contributed by atoms with van der Waals surface area (Å²) in [5.41, 5.74) is 1.98. The fraction of sp³-hybridized carbons (Fsp3) is 0.500. The first-order valence-electron chi connectivity index (χ1n) is 8.31. The van der Waals surface area contributed by atoms with E-state index in [1.807, 2.05) is 37.7 Å². The lowest BCUT2D eigenvalue weighted by atomic mass is 9.94. The number of methoxy groups -OCH3 is 1. The lowest BCUT2D eigenvalue weighted by Crippen LogP contribution is -2.45. The number of aromatic nitrogens is 3. The largest absolute Gasteiger partial charge is 0.381 e. The van der Waals surface area contributed by atoms with Gasteiger partial charge in [0, 0.05) is 50.9 Å². The molecule has 1 saturated carbocycles. The number of hydrogen-bond donors (Lipinski definition) is 0. The second-order valence-electron chi connectivity index (χ2n) is 6.62. The predicted molar refractivity (Wildman–Crippen MR) is 87.6 cm³/mol. The summed E-state index contributed by atoms with van der Waals surface area (Å²) in [6, 6.07) is 5.79. The number of nitrogens with zero attached hydrogens (tertiary/aromatic N) is 4. The Labute approximate surface area is 136 Å². The van der Waals surface area contributed by atoms with Crippen molar-refractivity contribution in [1.29, 1.82) is 0 Å². The second-order valence-corrected chi connectivity index (χ2v) is 6.62. The number of fused-ring (bicyclic) bond motifs is 2. The molecule has 2 aromatic rings. The molecule has 23 heavy (non-hydrogen) atoms. The molecule has 2 aliphatic rings.